The third kappa shape index (κ3) is 3.67. The molecule has 0 saturated heterocycles. The van der Waals surface area contributed by atoms with Gasteiger partial charge in [-0.3, -0.25) is 0 Å². The normalized spacial score (nSPS) is 11.2. The summed E-state index contributed by atoms with van der Waals surface area (Å²) in [6.45, 7) is 2.46. The monoisotopic (exact) mass is 394 g/mol. The second kappa shape index (κ2) is 8.03. The van der Waals surface area contributed by atoms with Crippen molar-refractivity contribution in [2.75, 3.05) is 7.05 Å². The molecule has 0 spiro atoms. The Bertz CT molecular complexity index is 984. The van der Waals surface area contributed by atoms with E-state index in [-0.39, 0.29) is 17.3 Å². The van der Waals surface area contributed by atoms with Crippen LogP contribution in [0.2, 0.25) is 0 Å². The predicted octanol–water partition coefficient (Wildman–Crippen LogP) is 3.98. The van der Waals surface area contributed by atoms with Crippen LogP contribution >= 0.6 is 12.4 Å². The molecule has 26 heavy (non-hydrogen) atoms. The maximum Gasteiger partial charge on any atom is 0.268 e. The fraction of sp³-hybridized carbons (Fsp3) is 0.158. The van der Waals surface area contributed by atoms with Crippen LogP contribution in [0.3, 0.4) is 0 Å². The summed E-state index contributed by atoms with van der Waals surface area (Å²) in [5.41, 5.74) is 3.22. The SMILES string of the molecule is CNCc1cn(S(=O)(=O)c2ccc(F)cc2)c(-c2ccccc2)c1C.Cl. The van der Waals surface area contributed by atoms with Gasteiger partial charge in [0, 0.05) is 12.7 Å². The second-order valence-electron chi connectivity index (χ2n) is 5.78. The molecular weight excluding hydrogens is 375 g/mol. The minimum Gasteiger partial charge on any atom is -0.316 e. The maximum atomic E-state index is 13.2. The number of benzene rings is 2. The first-order valence-corrected chi connectivity index (χ1v) is 9.31. The van der Waals surface area contributed by atoms with Crippen molar-refractivity contribution >= 4 is 22.4 Å². The fourth-order valence-corrected chi connectivity index (χ4v) is 4.29. The van der Waals surface area contributed by atoms with Gasteiger partial charge < -0.3 is 5.32 Å². The first-order valence-electron chi connectivity index (χ1n) is 7.87. The Hall–Kier alpha value is -2.15. The van der Waals surface area contributed by atoms with Crippen molar-refractivity contribution in [1.82, 2.24) is 9.29 Å². The van der Waals surface area contributed by atoms with Crippen LogP contribution in [0.1, 0.15) is 11.1 Å². The fourth-order valence-electron chi connectivity index (χ4n) is 2.84. The summed E-state index contributed by atoms with van der Waals surface area (Å²) in [6, 6.07) is 14.3. The van der Waals surface area contributed by atoms with Crippen LogP contribution in [-0.2, 0) is 16.6 Å². The molecule has 1 heterocycles. The van der Waals surface area contributed by atoms with Crippen molar-refractivity contribution in [1.29, 1.82) is 0 Å². The molecule has 0 fully saturated rings. The molecule has 0 saturated carbocycles. The third-order valence-electron chi connectivity index (χ3n) is 4.12. The third-order valence-corrected chi connectivity index (χ3v) is 5.79. The molecule has 7 heteroatoms. The molecule has 138 valence electrons. The van der Waals surface area contributed by atoms with Crippen LogP contribution < -0.4 is 5.32 Å². The molecule has 1 aromatic heterocycles. The summed E-state index contributed by atoms with van der Waals surface area (Å²) in [5.74, 6) is -0.471. The summed E-state index contributed by atoms with van der Waals surface area (Å²) in [7, 11) is -2.02. The Balaban J connectivity index is 0.00000243. The second-order valence-corrected chi connectivity index (χ2v) is 7.59. The molecule has 0 bridgehead atoms. The lowest BCUT2D eigenvalue weighted by molar-refractivity contribution is 0.586. The van der Waals surface area contributed by atoms with Crippen LogP contribution in [0.15, 0.2) is 65.7 Å². The van der Waals surface area contributed by atoms with E-state index in [1.165, 1.54) is 16.1 Å². The molecular formula is C19H20ClFN2O2S. The topological polar surface area (TPSA) is 51.1 Å². The Morgan fingerprint density at radius 2 is 1.65 bits per heavy atom. The van der Waals surface area contributed by atoms with Crippen molar-refractivity contribution in [3.05, 3.63) is 77.7 Å². The van der Waals surface area contributed by atoms with Gasteiger partial charge in [-0.15, -0.1) is 12.4 Å². The first-order chi connectivity index (χ1) is 11.9. The van der Waals surface area contributed by atoms with Crippen LogP contribution in [-0.4, -0.2) is 19.4 Å². The van der Waals surface area contributed by atoms with Gasteiger partial charge in [-0.1, -0.05) is 30.3 Å². The molecule has 0 atom stereocenters. The van der Waals surface area contributed by atoms with Crippen LogP contribution in [0.4, 0.5) is 4.39 Å². The predicted molar refractivity (Wildman–Crippen MR) is 104 cm³/mol. The van der Waals surface area contributed by atoms with Crippen molar-refractivity contribution in [2.45, 2.75) is 18.4 Å². The van der Waals surface area contributed by atoms with Gasteiger partial charge in [0.25, 0.3) is 10.0 Å². The zero-order valence-electron chi connectivity index (χ0n) is 14.4. The molecule has 0 aliphatic rings. The van der Waals surface area contributed by atoms with E-state index in [0.717, 1.165) is 28.8 Å². The van der Waals surface area contributed by atoms with Gasteiger partial charge in [-0.2, -0.15) is 0 Å². The molecule has 0 radical (unpaired) electrons. The van der Waals surface area contributed by atoms with E-state index in [9.17, 15) is 12.8 Å². The number of nitrogens with one attached hydrogen (secondary N) is 1. The summed E-state index contributed by atoms with van der Waals surface area (Å²) in [6.07, 6.45) is 1.63. The van der Waals surface area contributed by atoms with Crippen molar-refractivity contribution in [2.24, 2.45) is 0 Å². The molecule has 3 aromatic rings. The first kappa shape index (κ1) is 20.2. The number of hydrogen-bond acceptors (Lipinski definition) is 3. The van der Waals surface area contributed by atoms with Gasteiger partial charge in [0.1, 0.15) is 5.82 Å². The smallest absolute Gasteiger partial charge is 0.268 e. The Kier molecular flexibility index (Phi) is 6.23. The van der Waals surface area contributed by atoms with E-state index in [1.807, 2.05) is 44.3 Å². The van der Waals surface area contributed by atoms with Gasteiger partial charge in [-0.05, 0) is 54.9 Å². The average molecular weight is 395 g/mol. The lowest BCUT2D eigenvalue weighted by Crippen LogP contribution is -2.13. The zero-order chi connectivity index (χ0) is 18.0. The number of hydrogen-bond donors (Lipinski definition) is 1. The van der Waals surface area contributed by atoms with E-state index in [0.29, 0.717) is 12.2 Å². The van der Waals surface area contributed by atoms with Crippen LogP contribution in [0.5, 0.6) is 0 Å². The summed E-state index contributed by atoms with van der Waals surface area (Å²) in [4.78, 5) is 0.0529. The highest BCUT2D eigenvalue weighted by Crippen LogP contribution is 2.31. The molecule has 2 aromatic carbocycles. The zero-order valence-corrected chi connectivity index (χ0v) is 16.1. The number of aromatic nitrogens is 1. The lowest BCUT2D eigenvalue weighted by Gasteiger charge is -2.12. The molecule has 3 rings (SSSR count). The van der Waals surface area contributed by atoms with Gasteiger partial charge in [0.2, 0.25) is 0 Å². The molecule has 0 amide bonds. The average Bonchev–Trinajstić information content (AvgIpc) is 2.94. The Morgan fingerprint density at radius 3 is 2.23 bits per heavy atom. The van der Waals surface area contributed by atoms with E-state index in [1.54, 1.807) is 6.20 Å². The van der Waals surface area contributed by atoms with E-state index in [2.05, 4.69) is 5.32 Å². The van der Waals surface area contributed by atoms with Gasteiger partial charge in [-0.25, -0.2) is 16.8 Å². The number of halogens is 2. The summed E-state index contributed by atoms with van der Waals surface area (Å²) in [5, 5.41) is 3.06. The molecule has 1 N–H and O–H groups in total. The Labute approximate surface area is 159 Å². The highest BCUT2D eigenvalue weighted by atomic mass is 35.5. The van der Waals surface area contributed by atoms with Gasteiger partial charge in [0.05, 0.1) is 10.6 Å². The van der Waals surface area contributed by atoms with Crippen molar-refractivity contribution in [3.8, 4) is 11.3 Å². The lowest BCUT2D eigenvalue weighted by atomic mass is 10.1. The largest absolute Gasteiger partial charge is 0.316 e. The quantitative estimate of drug-likeness (QED) is 0.712. The number of rotatable bonds is 5. The van der Waals surface area contributed by atoms with Crippen molar-refractivity contribution < 1.29 is 12.8 Å². The number of nitrogens with zero attached hydrogens (tertiary/aromatic N) is 1. The van der Waals surface area contributed by atoms with E-state index < -0.39 is 15.8 Å². The molecule has 0 unspecified atom stereocenters. The van der Waals surface area contributed by atoms with Gasteiger partial charge in [0.15, 0.2) is 0 Å². The molecule has 0 aliphatic carbocycles. The van der Waals surface area contributed by atoms with Gasteiger partial charge >= 0.3 is 0 Å². The van der Waals surface area contributed by atoms with E-state index >= 15 is 0 Å². The molecule has 0 aliphatic heterocycles. The minimum absolute atomic E-state index is 0. The summed E-state index contributed by atoms with van der Waals surface area (Å²) < 4.78 is 40.7. The van der Waals surface area contributed by atoms with Crippen molar-refractivity contribution in [3.63, 3.8) is 0 Å². The Morgan fingerprint density at radius 1 is 1.04 bits per heavy atom. The maximum absolute atomic E-state index is 13.2. The van der Waals surface area contributed by atoms with E-state index in [4.69, 9.17) is 0 Å². The summed E-state index contributed by atoms with van der Waals surface area (Å²) >= 11 is 0. The van der Waals surface area contributed by atoms with Crippen LogP contribution in [0.25, 0.3) is 11.3 Å². The van der Waals surface area contributed by atoms with Crippen LogP contribution in [0, 0.1) is 12.7 Å². The standard InChI is InChI=1S/C19H19FN2O2S.ClH/c1-14-16(12-21-2)13-22(19(14)15-6-4-3-5-7-15)25(23,24)18-10-8-17(20)9-11-18;/h3-11,13,21H,12H2,1-2H3;1H. The minimum atomic E-state index is -3.83. The highest BCUT2D eigenvalue weighted by Gasteiger charge is 2.24. The molecule has 4 nitrogen and oxygen atoms in total. The highest BCUT2D eigenvalue weighted by molar-refractivity contribution is 7.90.